The van der Waals surface area contributed by atoms with Crippen LogP contribution in [-0.2, 0) is 25.1 Å². The van der Waals surface area contributed by atoms with Crippen molar-refractivity contribution in [1.29, 1.82) is 0 Å². The van der Waals surface area contributed by atoms with Crippen molar-refractivity contribution in [2.45, 2.75) is 36.3 Å². The molecule has 2 rings (SSSR count). The Morgan fingerprint density at radius 3 is 2.68 bits per heavy atom. The van der Waals surface area contributed by atoms with Crippen molar-refractivity contribution in [3.8, 4) is 0 Å². The van der Waals surface area contributed by atoms with Gasteiger partial charge in [-0.3, -0.25) is 13.8 Å². The van der Waals surface area contributed by atoms with E-state index >= 15 is 0 Å². The zero-order chi connectivity index (χ0) is 15.9. The van der Waals surface area contributed by atoms with Gasteiger partial charge in [0.15, 0.2) is 0 Å². The minimum absolute atomic E-state index is 0.231. The summed E-state index contributed by atoms with van der Waals surface area (Å²) in [5, 5.41) is 2.59. The molecule has 1 saturated heterocycles. The van der Waals surface area contributed by atoms with E-state index in [-0.39, 0.29) is 18.1 Å². The number of nitrogens with one attached hydrogen (secondary N) is 1. The van der Waals surface area contributed by atoms with E-state index in [1.165, 1.54) is 0 Å². The van der Waals surface area contributed by atoms with Crippen LogP contribution in [0.3, 0.4) is 0 Å². The number of primary amides is 1. The largest absolute Gasteiger partial charge is 0.368 e. The molecule has 3 atom stereocenters. The van der Waals surface area contributed by atoms with Crippen LogP contribution in [0.4, 0.5) is 0 Å². The van der Waals surface area contributed by atoms with Crippen LogP contribution < -0.4 is 11.1 Å². The number of hydrogen-bond acceptors (Lipinski definition) is 4. The van der Waals surface area contributed by atoms with E-state index in [9.17, 15) is 13.8 Å². The Balaban J connectivity index is 1.87. The third kappa shape index (κ3) is 4.64. The summed E-state index contributed by atoms with van der Waals surface area (Å²) in [5.74, 6) is -0.702. The van der Waals surface area contributed by atoms with E-state index in [0.717, 1.165) is 6.42 Å². The predicted molar refractivity (Wildman–Crippen MR) is 82.4 cm³/mol. The SMILES string of the molecule is NC(=O)[C@H](CC[S@](=O)c1ccccc1)NC(=O)[C@@H]1CCCO1. The Kier molecular flexibility index (Phi) is 6.09. The fraction of sp³-hybridized carbons (Fsp3) is 0.467. The van der Waals surface area contributed by atoms with Gasteiger partial charge in [-0.15, -0.1) is 0 Å². The van der Waals surface area contributed by atoms with E-state index in [1.807, 2.05) is 6.07 Å². The number of rotatable bonds is 7. The zero-order valence-corrected chi connectivity index (χ0v) is 13.0. The summed E-state index contributed by atoms with van der Waals surface area (Å²) in [7, 11) is -1.23. The summed E-state index contributed by atoms with van der Waals surface area (Å²) in [6.45, 7) is 0.553. The summed E-state index contributed by atoms with van der Waals surface area (Å²) < 4.78 is 17.4. The molecule has 6 nitrogen and oxygen atoms in total. The molecule has 0 radical (unpaired) electrons. The van der Waals surface area contributed by atoms with Gasteiger partial charge < -0.3 is 15.8 Å². The molecule has 0 aromatic heterocycles. The number of nitrogens with two attached hydrogens (primary N) is 1. The van der Waals surface area contributed by atoms with Crippen LogP contribution in [0.5, 0.6) is 0 Å². The lowest BCUT2D eigenvalue weighted by Crippen LogP contribution is -2.48. The van der Waals surface area contributed by atoms with E-state index in [0.29, 0.717) is 17.9 Å². The highest BCUT2D eigenvalue weighted by molar-refractivity contribution is 7.85. The van der Waals surface area contributed by atoms with Crippen LogP contribution in [0.1, 0.15) is 19.3 Å². The molecule has 1 aromatic carbocycles. The smallest absolute Gasteiger partial charge is 0.249 e. The Morgan fingerprint density at radius 2 is 2.09 bits per heavy atom. The molecule has 120 valence electrons. The van der Waals surface area contributed by atoms with E-state index in [2.05, 4.69) is 5.32 Å². The fourth-order valence-electron chi connectivity index (χ4n) is 2.25. The second-order valence-corrected chi connectivity index (χ2v) is 6.69. The molecule has 22 heavy (non-hydrogen) atoms. The molecular weight excluding hydrogens is 304 g/mol. The van der Waals surface area contributed by atoms with Crippen molar-refractivity contribution in [2.24, 2.45) is 5.73 Å². The maximum Gasteiger partial charge on any atom is 0.249 e. The summed E-state index contributed by atoms with van der Waals surface area (Å²) in [5.41, 5.74) is 5.32. The van der Waals surface area contributed by atoms with Crippen LogP contribution in [-0.4, -0.2) is 40.5 Å². The monoisotopic (exact) mass is 324 g/mol. The highest BCUT2D eigenvalue weighted by Crippen LogP contribution is 2.13. The molecule has 1 fully saturated rings. The first-order valence-corrected chi connectivity index (χ1v) is 8.54. The van der Waals surface area contributed by atoms with Crippen molar-refractivity contribution in [3.63, 3.8) is 0 Å². The molecule has 0 saturated carbocycles. The summed E-state index contributed by atoms with van der Waals surface area (Å²) in [6, 6.07) is 8.15. The van der Waals surface area contributed by atoms with Crippen LogP contribution >= 0.6 is 0 Å². The number of hydrogen-bond donors (Lipinski definition) is 2. The highest BCUT2D eigenvalue weighted by atomic mass is 32.2. The van der Waals surface area contributed by atoms with Gasteiger partial charge >= 0.3 is 0 Å². The van der Waals surface area contributed by atoms with Gasteiger partial charge in [-0.1, -0.05) is 18.2 Å². The van der Waals surface area contributed by atoms with Crippen molar-refractivity contribution >= 4 is 22.6 Å². The van der Waals surface area contributed by atoms with Gasteiger partial charge in [0, 0.05) is 17.3 Å². The molecule has 3 N–H and O–H groups in total. The molecule has 0 unspecified atom stereocenters. The van der Waals surface area contributed by atoms with E-state index in [1.54, 1.807) is 24.3 Å². The lowest BCUT2D eigenvalue weighted by atomic mass is 10.2. The maximum atomic E-state index is 12.1. The third-order valence-corrected chi connectivity index (χ3v) is 4.88. The van der Waals surface area contributed by atoms with Gasteiger partial charge in [-0.05, 0) is 31.4 Å². The molecule has 1 aromatic rings. The Morgan fingerprint density at radius 1 is 1.36 bits per heavy atom. The zero-order valence-electron chi connectivity index (χ0n) is 12.2. The molecule has 0 aliphatic carbocycles. The van der Waals surface area contributed by atoms with Gasteiger partial charge in [-0.25, -0.2) is 0 Å². The minimum atomic E-state index is -1.23. The first-order chi connectivity index (χ1) is 10.6. The topological polar surface area (TPSA) is 98.5 Å². The van der Waals surface area contributed by atoms with Crippen molar-refractivity contribution in [3.05, 3.63) is 30.3 Å². The molecule has 0 spiro atoms. The molecule has 2 amide bonds. The Hall–Kier alpha value is -1.73. The average Bonchev–Trinajstić information content (AvgIpc) is 3.06. The third-order valence-electron chi connectivity index (χ3n) is 3.48. The second kappa shape index (κ2) is 8.05. The van der Waals surface area contributed by atoms with Crippen molar-refractivity contribution in [2.75, 3.05) is 12.4 Å². The maximum absolute atomic E-state index is 12.1. The van der Waals surface area contributed by atoms with E-state index in [4.69, 9.17) is 10.5 Å². The summed E-state index contributed by atoms with van der Waals surface area (Å²) in [4.78, 5) is 24.1. The van der Waals surface area contributed by atoms with Crippen LogP contribution in [0.2, 0.25) is 0 Å². The normalized spacial score (nSPS) is 20.3. The standard InChI is InChI=1S/C15H20N2O4S/c16-14(18)12(17-15(19)13-7-4-9-21-13)8-10-22(20)11-5-2-1-3-6-11/h1-3,5-6,12-13H,4,7-10H2,(H2,16,18)(H,17,19)/t12-,13-,22-/m0/s1. The number of ether oxygens (including phenoxy) is 1. The summed E-state index contributed by atoms with van der Waals surface area (Å²) in [6.07, 6.45) is 1.20. The van der Waals surface area contributed by atoms with Gasteiger partial charge in [0.1, 0.15) is 12.1 Å². The van der Waals surface area contributed by atoms with Gasteiger partial charge in [-0.2, -0.15) is 0 Å². The number of carbonyl (C=O) groups excluding carboxylic acids is 2. The fourth-order valence-corrected chi connectivity index (χ4v) is 3.40. The van der Waals surface area contributed by atoms with E-state index < -0.39 is 28.9 Å². The quantitative estimate of drug-likeness (QED) is 0.755. The van der Waals surface area contributed by atoms with Crippen LogP contribution in [0.25, 0.3) is 0 Å². The number of benzene rings is 1. The predicted octanol–water partition coefficient (Wildman–Crippen LogP) is 0.333. The average molecular weight is 324 g/mol. The first-order valence-electron chi connectivity index (χ1n) is 7.22. The van der Waals surface area contributed by atoms with Gasteiger partial charge in [0.2, 0.25) is 11.8 Å². The Bertz CT molecular complexity index is 544. The molecule has 1 aliphatic rings. The van der Waals surface area contributed by atoms with Crippen molar-refractivity contribution in [1.82, 2.24) is 5.32 Å². The molecule has 1 heterocycles. The Labute approximate surface area is 131 Å². The summed E-state index contributed by atoms with van der Waals surface area (Å²) >= 11 is 0. The van der Waals surface area contributed by atoms with Crippen LogP contribution in [0, 0.1) is 0 Å². The lowest BCUT2D eigenvalue weighted by molar-refractivity contribution is -0.133. The first kappa shape index (κ1) is 16.6. The molecule has 0 bridgehead atoms. The molecular formula is C15H20N2O4S. The van der Waals surface area contributed by atoms with Gasteiger partial charge in [0.25, 0.3) is 0 Å². The molecule has 7 heteroatoms. The lowest BCUT2D eigenvalue weighted by Gasteiger charge is -2.17. The van der Waals surface area contributed by atoms with Gasteiger partial charge in [0.05, 0.1) is 10.8 Å². The molecule has 1 aliphatic heterocycles. The van der Waals surface area contributed by atoms with Crippen LogP contribution in [0.15, 0.2) is 35.2 Å². The number of carbonyl (C=O) groups is 2. The van der Waals surface area contributed by atoms with Crippen molar-refractivity contribution < 1.29 is 18.5 Å². The number of amides is 2. The second-order valence-electron chi connectivity index (χ2n) is 5.12. The minimum Gasteiger partial charge on any atom is -0.368 e. The highest BCUT2D eigenvalue weighted by Gasteiger charge is 2.27.